The highest BCUT2D eigenvalue weighted by atomic mass is 19.1. The quantitative estimate of drug-likeness (QED) is 0.202. The molecule has 1 atom stereocenters. The number of rotatable bonds is 3. The van der Waals surface area contributed by atoms with Gasteiger partial charge in [-0.25, -0.2) is 18.7 Å². The van der Waals surface area contributed by atoms with E-state index < -0.39 is 23.5 Å². The maximum Gasteiger partial charge on any atom is 0.337 e. The zero-order valence-electron chi connectivity index (χ0n) is 27.8. The fourth-order valence-corrected chi connectivity index (χ4v) is 6.05. The molecule has 0 radical (unpaired) electrons. The van der Waals surface area contributed by atoms with Gasteiger partial charge in [0.15, 0.2) is 11.8 Å². The molecule has 3 aromatic heterocycles. The first-order valence-corrected chi connectivity index (χ1v) is 16.0. The summed E-state index contributed by atoms with van der Waals surface area (Å²) in [7, 11) is 0. The van der Waals surface area contributed by atoms with Crippen LogP contribution < -0.4 is 9.47 Å². The molecular weight excluding hydrogens is 623 g/mol. The predicted molar refractivity (Wildman–Crippen MR) is 183 cm³/mol. The summed E-state index contributed by atoms with van der Waals surface area (Å²) in [4.78, 5) is 22.4. The molecule has 9 nitrogen and oxygen atoms in total. The molecule has 248 valence electrons. The Kier molecular flexibility index (Phi) is 8.12. The second kappa shape index (κ2) is 12.4. The Balaban J connectivity index is 1.50. The van der Waals surface area contributed by atoms with E-state index in [2.05, 4.69) is 0 Å². The van der Waals surface area contributed by atoms with E-state index in [4.69, 9.17) is 29.3 Å². The number of carboxylic acids is 1. The van der Waals surface area contributed by atoms with Gasteiger partial charge in [-0.3, -0.25) is 4.98 Å². The number of hydrogen-bond donors (Lipinski definition) is 1. The minimum Gasteiger partial charge on any atom is -0.487 e. The lowest BCUT2D eigenvalue weighted by Crippen LogP contribution is -2.29. The number of ether oxygens (including phenoxy) is 3. The van der Waals surface area contributed by atoms with Crippen LogP contribution in [0.4, 0.5) is 4.39 Å². The van der Waals surface area contributed by atoms with Gasteiger partial charge in [0.2, 0.25) is 0 Å². The minimum atomic E-state index is -1.33. The van der Waals surface area contributed by atoms with Crippen molar-refractivity contribution in [3.8, 4) is 45.1 Å². The molecule has 0 saturated carbocycles. The Labute approximate surface area is 283 Å². The van der Waals surface area contributed by atoms with Gasteiger partial charge >= 0.3 is 5.97 Å². The molecule has 1 aliphatic rings. The highest BCUT2D eigenvalue weighted by Gasteiger charge is 2.33. The van der Waals surface area contributed by atoms with Crippen LogP contribution in [0.5, 0.6) is 11.5 Å². The molecule has 1 N–H and O–H groups in total. The molecule has 0 fully saturated rings. The summed E-state index contributed by atoms with van der Waals surface area (Å²) in [5, 5.41) is 15.5. The van der Waals surface area contributed by atoms with Crippen LogP contribution in [0.25, 0.3) is 39.3 Å². The first kappa shape index (κ1) is 32.0. The number of aromatic nitrogens is 4. The summed E-state index contributed by atoms with van der Waals surface area (Å²) in [6.07, 6.45) is -1.33. The van der Waals surface area contributed by atoms with Crippen LogP contribution in [0, 0.1) is 19.7 Å². The molecule has 8 bridgehead atoms. The fourth-order valence-electron chi connectivity index (χ4n) is 6.05. The number of halogens is 1. The van der Waals surface area contributed by atoms with E-state index in [-0.39, 0.29) is 13.2 Å². The van der Waals surface area contributed by atoms with E-state index in [0.29, 0.717) is 62.3 Å². The van der Waals surface area contributed by atoms with Crippen LogP contribution in [0.1, 0.15) is 55.1 Å². The van der Waals surface area contributed by atoms with E-state index >= 15 is 0 Å². The molecule has 0 unspecified atom stereocenters. The van der Waals surface area contributed by atoms with Gasteiger partial charge in [-0.1, -0.05) is 36.4 Å². The van der Waals surface area contributed by atoms with Crippen LogP contribution in [0.2, 0.25) is 0 Å². The smallest absolute Gasteiger partial charge is 0.337 e. The monoisotopic (exact) mass is 658 g/mol. The Morgan fingerprint density at radius 3 is 2.31 bits per heavy atom. The van der Waals surface area contributed by atoms with Crippen LogP contribution >= 0.6 is 0 Å². The summed E-state index contributed by atoms with van der Waals surface area (Å²) in [5.74, 6) is -0.581. The standard InChI is InChI=1S/C39H35FN4O5/c1-22-12-13-26-17-32(22)47-20-28-10-7-11-29(42-28)21-48-33-18-27(40)14-15-30(33)24-8-6-9-25(16-24)31-19-34-41-23(2)35(36(26)44(34)43-31)37(38(45)46)49-39(3,4)5/h6-19,37H,20-21H2,1-5H3,(H,45,46)/t37-/m0/s1. The number of nitrogens with zero attached hydrogens (tertiary/aromatic N) is 4. The van der Waals surface area contributed by atoms with Gasteiger partial charge in [-0.15, -0.1) is 0 Å². The highest BCUT2D eigenvalue weighted by Crippen LogP contribution is 2.39. The van der Waals surface area contributed by atoms with Gasteiger partial charge < -0.3 is 19.3 Å². The highest BCUT2D eigenvalue weighted by molar-refractivity contribution is 5.82. The molecular formula is C39H35FN4O5. The Morgan fingerprint density at radius 1 is 0.857 bits per heavy atom. The van der Waals surface area contributed by atoms with Crippen molar-refractivity contribution in [2.24, 2.45) is 0 Å². The van der Waals surface area contributed by atoms with Gasteiger partial charge in [0, 0.05) is 40.1 Å². The molecule has 0 saturated heterocycles. The Morgan fingerprint density at radius 2 is 1.57 bits per heavy atom. The molecule has 1 aliphatic heterocycles. The number of fused-ring (bicyclic) bond motifs is 11. The Hall–Kier alpha value is -5.61. The summed E-state index contributed by atoms with van der Waals surface area (Å²) in [6, 6.07) is 25.4. The van der Waals surface area contributed by atoms with Gasteiger partial charge in [-0.05, 0) is 82.1 Å². The zero-order chi connectivity index (χ0) is 34.4. The SMILES string of the molecule is Cc1ccc2cc1OCc1cccc(n1)COc1cc(F)ccc1-c1cccc(c1)-c1cc3nc(C)c([C@H](OC(C)(C)C)C(=O)O)c-2n3n1. The van der Waals surface area contributed by atoms with E-state index in [9.17, 15) is 14.3 Å². The zero-order valence-corrected chi connectivity index (χ0v) is 27.8. The van der Waals surface area contributed by atoms with Crippen molar-refractivity contribution < 1.29 is 28.5 Å². The number of carbonyl (C=O) groups is 1. The van der Waals surface area contributed by atoms with Crippen molar-refractivity contribution in [3.05, 3.63) is 119 Å². The summed E-state index contributed by atoms with van der Waals surface area (Å²) >= 11 is 0. The van der Waals surface area contributed by atoms with Crippen molar-refractivity contribution in [3.63, 3.8) is 0 Å². The van der Waals surface area contributed by atoms with Gasteiger partial charge in [0.05, 0.1) is 28.4 Å². The number of aliphatic carboxylic acids is 1. The number of aryl methyl sites for hydroxylation is 2. The third-order valence-corrected chi connectivity index (χ3v) is 8.28. The number of hydrogen-bond acceptors (Lipinski definition) is 7. The second-order valence-electron chi connectivity index (χ2n) is 13.1. The average molecular weight is 659 g/mol. The average Bonchev–Trinajstić information content (AvgIpc) is 3.48. The molecule has 7 rings (SSSR count). The molecule has 4 heterocycles. The van der Waals surface area contributed by atoms with Crippen molar-refractivity contribution >= 4 is 11.6 Å². The normalized spacial score (nSPS) is 13.4. The molecule has 6 aromatic rings. The van der Waals surface area contributed by atoms with Crippen LogP contribution in [0.15, 0.2) is 84.9 Å². The molecule has 0 aliphatic carbocycles. The maximum atomic E-state index is 14.5. The van der Waals surface area contributed by atoms with Crippen LogP contribution in [0.3, 0.4) is 0 Å². The van der Waals surface area contributed by atoms with Crippen molar-refractivity contribution in [1.82, 2.24) is 19.6 Å². The second-order valence-corrected chi connectivity index (χ2v) is 13.1. The predicted octanol–water partition coefficient (Wildman–Crippen LogP) is 8.29. The first-order valence-electron chi connectivity index (χ1n) is 16.0. The topological polar surface area (TPSA) is 108 Å². The third-order valence-electron chi connectivity index (χ3n) is 8.28. The largest absolute Gasteiger partial charge is 0.487 e. The third kappa shape index (κ3) is 6.47. The van der Waals surface area contributed by atoms with Crippen LogP contribution in [-0.4, -0.2) is 36.3 Å². The number of carboxylic acid groups (broad SMARTS) is 1. The lowest BCUT2D eigenvalue weighted by molar-refractivity contribution is -0.160. The molecule has 10 heteroatoms. The molecule has 0 spiro atoms. The van der Waals surface area contributed by atoms with Crippen molar-refractivity contribution in [2.45, 2.75) is 59.5 Å². The number of pyridine rings is 1. The maximum absolute atomic E-state index is 14.5. The van der Waals surface area contributed by atoms with Gasteiger partial charge in [-0.2, -0.15) is 5.10 Å². The van der Waals surface area contributed by atoms with Crippen molar-refractivity contribution in [1.29, 1.82) is 0 Å². The van der Waals surface area contributed by atoms with E-state index in [1.54, 1.807) is 17.5 Å². The van der Waals surface area contributed by atoms with Gasteiger partial charge in [0.25, 0.3) is 0 Å². The fraction of sp³-hybridized carbons (Fsp3) is 0.231. The van der Waals surface area contributed by atoms with E-state index in [0.717, 1.165) is 16.7 Å². The minimum absolute atomic E-state index is 0.127. The molecule has 49 heavy (non-hydrogen) atoms. The lowest BCUT2D eigenvalue weighted by Gasteiger charge is -2.27. The lowest BCUT2D eigenvalue weighted by atomic mass is 9.98. The molecule has 3 aromatic carbocycles. The van der Waals surface area contributed by atoms with Crippen LogP contribution in [-0.2, 0) is 22.7 Å². The van der Waals surface area contributed by atoms with Crippen molar-refractivity contribution in [2.75, 3.05) is 0 Å². The first-order chi connectivity index (χ1) is 23.4. The van der Waals surface area contributed by atoms with Gasteiger partial charge in [0.1, 0.15) is 30.5 Å². The Bertz CT molecular complexity index is 2240. The van der Waals surface area contributed by atoms with E-state index in [1.807, 2.05) is 94.4 Å². The number of benzene rings is 3. The summed E-state index contributed by atoms with van der Waals surface area (Å²) in [5.41, 5.74) is 6.98. The summed E-state index contributed by atoms with van der Waals surface area (Å²) in [6.45, 7) is 9.48. The van der Waals surface area contributed by atoms with E-state index in [1.165, 1.54) is 12.1 Å². The summed E-state index contributed by atoms with van der Waals surface area (Å²) < 4.78 is 34.8. The molecule has 0 amide bonds.